The van der Waals surface area contributed by atoms with Gasteiger partial charge in [-0.15, -0.1) is 0 Å². The molecule has 1 aromatic carbocycles. The Hall–Kier alpha value is -2.08. The van der Waals surface area contributed by atoms with Gasteiger partial charge >= 0.3 is 5.97 Å². The van der Waals surface area contributed by atoms with E-state index in [4.69, 9.17) is 22.1 Å². The topological polar surface area (TPSA) is 98.5 Å². The standard InChI is InChI=1S/C15H19ClN2O4/c1-8(2)12(15(21)22-9(3)13(17)19)18-14(20)10-6-4-5-7-11(10)16/h4-9,12H,1-3H3,(H2,17,19)(H,18,20). The molecule has 0 radical (unpaired) electrons. The molecular formula is C15H19ClN2O4. The summed E-state index contributed by atoms with van der Waals surface area (Å²) in [5.41, 5.74) is 5.31. The van der Waals surface area contributed by atoms with Crippen LogP contribution in [0.15, 0.2) is 24.3 Å². The fourth-order valence-electron chi connectivity index (χ4n) is 1.67. The number of nitrogens with two attached hydrogens (primary N) is 1. The van der Waals surface area contributed by atoms with Gasteiger partial charge in [-0.2, -0.15) is 0 Å². The Morgan fingerprint density at radius 3 is 2.27 bits per heavy atom. The molecule has 22 heavy (non-hydrogen) atoms. The van der Waals surface area contributed by atoms with E-state index in [9.17, 15) is 14.4 Å². The van der Waals surface area contributed by atoms with Gasteiger partial charge in [0.15, 0.2) is 6.10 Å². The Kier molecular flexibility index (Phi) is 6.37. The smallest absolute Gasteiger partial charge is 0.329 e. The first-order chi connectivity index (χ1) is 10.2. The summed E-state index contributed by atoms with van der Waals surface area (Å²) < 4.78 is 4.94. The summed E-state index contributed by atoms with van der Waals surface area (Å²) in [5, 5.41) is 2.85. The third-order valence-electron chi connectivity index (χ3n) is 3.02. The van der Waals surface area contributed by atoms with Crippen LogP contribution in [-0.2, 0) is 14.3 Å². The Morgan fingerprint density at radius 2 is 1.77 bits per heavy atom. The summed E-state index contributed by atoms with van der Waals surface area (Å²) >= 11 is 5.95. The van der Waals surface area contributed by atoms with Crippen LogP contribution in [0.5, 0.6) is 0 Å². The number of ether oxygens (including phenoxy) is 1. The lowest BCUT2D eigenvalue weighted by Crippen LogP contribution is -2.47. The molecule has 0 bridgehead atoms. The van der Waals surface area contributed by atoms with Gasteiger partial charge in [-0.25, -0.2) is 4.79 Å². The molecule has 6 nitrogen and oxygen atoms in total. The lowest BCUT2D eigenvalue weighted by Gasteiger charge is -2.22. The number of hydrogen-bond donors (Lipinski definition) is 2. The van der Waals surface area contributed by atoms with Crippen LogP contribution in [0.3, 0.4) is 0 Å². The van der Waals surface area contributed by atoms with Crippen LogP contribution >= 0.6 is 11.6 Å². The van der Waals surface area contributed by atoms with Crippen LogP contribution in [-0.4, -0.2) is 29.9 Å². The van der Waals surface area contributed by atoms with Crippen molar-refractivity contribution in [2.45, 2.75) is 32.9 Å². The van der Waals surface area contributed by atoms with Crippen molar-refractivity contribution >= 4 is 29.4 Å². The van der Waals surface area contributed by atoms with Crippen molar-refractivity contribution in [3.8, 4) is 0 Å². The van der Waals surface area contributed by atoms with Crippen molar-refractivity contribution in [1.29, 1.82) is 0 Å². The number of benzene rings is 1. The molecule has 2 unspecified atom stereocenters. The number of hydrogen-bond acceptors (Lipinski definition) is 4. The number of carbonyl (C=O) groups is 3. The molecule has 7 heteroatoms. The molecule has 2 atom stereocenters. The van der Waals surface area contributed by atoms with Crippen LogP contribution in [0, 0.1) is 5.92 Å². The quantitative estimate of drug-likeness (QED) is 0.774. The first kappa shape index (κ1) is 18.0. The summed E-state index contributed by atoms with van der Waals surface area (Å²) in [6.45, 7) is 4.86. The second-order valence-electron chi connectivity index (χ2n) is 5.16. The van der Waals surface area contributed by atoms with E-state index >= 15 is 0 Å². The fraction of sp³-hybridized carbons (Fsp3) is 0.400. The number of amides is 2. The molecule has 0 saturated heterocycles. The lowest BCUT2D eigenvalue weighted by atomic mass is 10.0. The van der Waals surface area contributed by atoms with E-state index in [1.165, 1.54) is 6.92 Å². The zero-order valence-electron chi connectivity index (χ0n) is 12.6. The van der Waals surface area contributed by atoms with Crippen LogP contribution in [0.2, 0.25) is 5.02 Å². The van der Waals surface area contributed by atoms with Crippen molar-refractivity contribution in [2.75, 3.05) is 0 Å². The van der Waals surface area contributed by atoms with E-state index in [0.717, 1.165) is 0 Å². The van der Waals surface area contributed by atoms with Crippen molar-refractivity contribution in [1.82, 2.24) is 5.32 Å². The highest BCUT2D eigenvalue weighted by Gasteiger charge is 2.29. The minimum Gasteiger partial charge on any atom is -0.451 e. The molecule has 0 aliphatic rings. The van der Waals surface area contributed by atoms with E-state index in [2.05, 4.69) is 5.32 Å². The molecule has 0 aromatic heterocycles. The molecule has 1 aromatic rings. The third kappa shape index (κ3) is 4.73. The SMILES string of the molecule is CC(OC(=O)C(NC(=O)c1ccccc1Cl)C(C)C)C(N)=O. The molecule has 0 heterocycles. The number of rotatable bonds is 6. The Morgan fingerprint density at radius 1 is 1.18 bits per heavy atom. The molecule has 3 N–H and O–H groups in total. The van der Waals surface area contributed by atoms with E-state index in [-0.39, 0.29) is 16.5 Å². The normalized spacial score (nSPS) is 13.3. The lowest BCUT2D eigenvalue weighted by molar-refractivity contribution is -0.156. The van der Waals surface area contributed by atoms with Gasteiger partial charge in [0.05, 0.1) is 10.6 Å². The fourth-order valence-corrected chi connectivity index (χ4v) is 1.89. The van der Waals surface area contributed by atoms with E-state index in [0.29, 0.717) is 0 Å². The van der Waals surface area contributed by atoms with E-state index < -0.39 is 29.9 Å². The van der Waals surface area contributed by atoms with Gasteiger partial charge in [-0.3, -0.25) is 9.59 Å². The number of carbonyl (C=O) groups excluding carboxylic acids is 3. The van der Waals surface area contributed by atoms with Crippen molar-refractivity contribution < 1.29 is 19.1 Å². The second kappa shape index (κ2) is 7.79. The maximum Gasteiger partial charge on any atom is 0.329 e. The van der Waals surface area contributed by atoms with Crippen molar-refractivity contribution in [2.24, 2.45) is 11.7 Å². The predicted molar refractivity (Wildman–Crippen MR) is 82.3 cm³/mol. The van der Waals surface area contributed by atoms with Gasteiger partial charge < -0.3 is 15.8 Å². The van der Waals surface area contributed by atoms with Crippen LogP contribution in [0.1, 0.15) is 31.1 Å². The van der Waals surface area contributed by atoms with E-state index in [1.54, 1.807) is 38.1 Å². The average Bonchev–Trinajstić information content (AvgIpc) is 2.44. The molecule has 0 aliphatic heterocycles. The summed E-state index contributed by atoms with van der Waals surface area (Å²) in [7, 11) is 0. The summed E-state index contributed by atoms with van der Waals surface area (Å²) in [5.74, 6) is -2.21. The molecule has 0 aliphatic carbocycles. The number of esters is 1. The number of halogens is 1. The number of nitrogens with one attached hydrogen (secondary N) is 1. The van der Waals surface area contributed by atoms with Crippen molar-refractivity contribution in [3.63, 3.8) is 0 Å². The van der Waals surface area contributed by atoms with Crippen LogP contribution < -0.4 is 11.1 Å². The van der Waals surface area contributed by atoms with Gasteiger partial charge in [0, 0.05) is 0 Å². The third-order valence-corrected chi connectivity index (χ3v) is 3.35. The summed E-state index contributed by atoms with van der Waals surface area (Å²) in [6.07, 6.45) is -1.06. The summed E-state index contributed by atoms with van der Waals surface area (Å²) in [4.78, 5) is 35.2. The number of primary amides is 1. The Labute approximate surface area is 134 Å². The minimum atomic E-state index is -1.06. The maximum absolute atomic E-state index is 12.2. The largest absolute Gasteiger partial charge is 0.451 e. The van der Waals surface area contributed by atoms with Gasteiger partial charge in [0.2, 0.25) is 0 Å². The molecule has 0 saturated carbocycles. The highest BCUT2D eigenvalue weighted by molar-refractivity contribution is 6.33. The first-order valence-electron chi connectivity index (χ1n) is 6.79. The molecule has 2 amide bonds. The highest BCUT2D eigenvalue weighted by Crippen LogP contribution is 2.16. The Balaban J connectivity index is 2.84. The van der Waals surface area contributed by atoms with Gasteiger partial charge in [0.25, 0.3) is 11.8 Å². The summed E-state index contributed by atoms with van der Waals surface area (Å²) in [6, 6.07) is 5.58. The van der Waals surface area contributed by atoms with Crippen LogP contribution in [0.4, 0.5) is 0 Å². The monoisotopic (exact) mass is 326 g/mol. The van der Waals surface area contributed by atoms with Crippen molar-refractivity contribution in [3.05, 3.63) is 34.9 Å². The predicted octanol–water partition coefficient (Wildman–Crippen LogP) is 1.51. The minimum absolute atomic E-state index is 0.237. The second-order valence-corrected chi connectivity index (χ2v) is 5.56. The molecule has 1 rings (SSSR count). The molecule has 0 fully saturated rings. The molecular weight excluding hydrogens is 308 g/mol. The van der Waals surface area contributed by atoms with Gasteiger partial charge in [-0.1, -0.05) is 37.6 Å². The van der Waals surface area contributed by atoms with E-state index in [1.807, 2.05) is 0 Å². The maximum atomic E-state index is 12.2. The Bertz CT molecular complexity index is 574. The van der Waals surface area contributed by atoms with Gasteiger partial charge in [0.1, 0.15) is 6.04 Å². The average molecular weight is 327 g/mol. The van der Waals surface area contributed by atoms with Crippen LogP contribution in [0.25, 0.3) is 0 Å². The highest BCUT2D eigenvalue weighted by atomic mass is 35.5. The van der Waals surface area contributed by atoms with Gasteiger partial charge in [-0.05, 0) is 25.0 Å². The molecule has 120 valence electrons. The zero-order valence-corrected chi connectivity index (χ0v) is 13.4. The zero-order chi connectivity index (χ0) is 16.9. The molecule has 0 spiro atoms. The first-order valence-corrected chi connectivity index (χ1v) is 7.17.